The van der Waals surface area contributed by atoms with E-state index in [1.54, 1.807) is 13.3 Å². The maximum Gasteiger partial charge on any atom is 0.228 e. The van der Waals surface area contributed by atoms with Crippen molar-refractivity contribution in [3.63, 3.8) is 0 Å². The Hall–Kier alpha value is -3.48. The lowest BCUT2D eigenvalue weighted by Gasteiger charge is -2.18. The van der Waals surface area contributed by atoms with Crippen molar-refractivity contribution in [2.24, 2.45) is 0 Å². The van der Waals surface area contributed by atoms with Crippen molar-refractivity contribution in [3.8, 4) is 17.1 Å². The number of pyridine rings is 2. The molecular weight excluding hydrogens is 400 g/mol. The van der Waals surface area contributed by atoms with Gasteiger partial charge in [-0.15, -0.1) is 0 Å². The van der Waals surface area contributed by atoms with E-state index in [0.29, 0.717) is 11.8 Å². The molecule has 7 nitrogen and oxygen atoms in total. The van der Waals surface area contributed by atoms with E-state index in [1.807, 2.05) is 32.4 Å². The highest BCUT2D eigenvalue weighted by atomic mass is 16.5. The van der Waals surface area contributed by atoms with Crippen LogP contribution in [-0.2, 0) is 6.42 Å². The molecule has 4 heterocycles. The Balaban J connectivity index is 1.60. The first-order valence-electron chi connectivity index (χ1n) is 11.0. The van der Waals surface area contributed by atoms with Gasteiger partial charge in [0.15, 0.2) is 0 Å². The van der Waals surface area contributed by atoms with E-state index in [2.05, 4.69) is 50.8 Å². The Morgan fingerprint density at radius 2 is 1.91 bits per heavy atom. The first-order chi connectivity index (χ1) is 15.5. The first kappa shape index (κ1) is 21.7. The van der Waals surface area contributed by atoms with Crippen LogP contribution in [0, 0.1) is 13.8 Å². The van der Waals surface area contributed by atoms with E-state index in [4.69, 9.17) is 9.72 Å². The fourth-order valence-electron chi connectivity index (χ4n) is 3.81. The van der Waals surface area contributed by atoms with Crippen LogP contribution in [0.3, 0.4) is 0 Å². The number of nitrogens with one attached hydrogen (secondary N) is 1. The smallest absolute Gasteiger partial charge is 0.228 e. The molecule has 0 radical (unpaired) electrons. The van der Waals surface area contributed by atoms with Crippen LogP contribution in [0.2, 0.25) is 0 Å². The van der Waals surface area contributed by atoms with Crippen molar-refractivity contribution in [2.75, 3.05) is 25.6 Å². The number of hydrogen-bond donors (Lipinski definition) is 1. The van der Waals surface area contributed by atoms with Crippen LogP contribution in [0.5, 0.6) is 5.88 Å². The van der Waals surface area contributed by atoms with Crippen LogP contribution in [0.25, 0.3) is 22.3 Å². The van der Waals surface area contributed by atoms with Gasteiger partial charge in [-0.05, 0) is 49.1 Å². The lowest BCUT2D eigenvalue weighted by atomic mass is 10.0. The minimum atomic E-state index is 0.538. The number of H-pyrrole nitrogens is 1. The van der Waals surface area contributed by atoms with Gasteiger partial charge in [-0.1, -0.05) is 19.4 Å². The van der Waals surface area contributed by atoms with Gasteiger partial charge in [0.2, 0.25) is 11.8 Å². The van der Waals surface area contributed by atoms with Gasteiger partial charge in [0.1, 0.15) is 5.65 Å². The van der Waals surface area contributed by atoms with E-state index in [9.17, 15) is 0 Å². The summed E-state index contributed by atoms with van der Waals surface area (Å²) in [5.74, 6) is 1.20. The van der Waals surface area contributed by atoms with Crippen LogP contribution in [-0.4, -0.2) is 45.6 Å². The van der Waals surface area contributed by atoms with Gasteiger partial charge in [0, 0.05) is 49.7 Å². The minimum absolute atomic E-state index is 0.538. The normalized spacial score (nSPS) is 11.2. The summed E-state index contributed by atoms with van der Waals surface area (Å²) in [5.41, 5.74) is 7.03. The number of anilines is 1. The third-order valence-electron chi connectivity index (χ3n) is 5.73. The van der Waals surface area contributed by atoms with Gasteiger partial charge in [-0.2, -0.15) is 4.98 Å². The van der Waals surface area contributed by atoms with Crippen LogP contribution in [0.4, 0.5) is 5.95 Å². The lowest BCUT2D eigenvalue weighted by Crippen LogP contribution is -2.21. The Morgan fingerprint density at radius 1 is 1.06 bits per heavy atom. The summed E-state index contributed by atoms with van der Waals surface area (Å²) in [6, 6.07) is 6.31. The summed E-state index contributed by atoms with van der Waals surface area (Å²) in [6.45, 7) is 7.19. The average Bonchev–Trinajstić information content (AvgIpc) is 3.20. The highest BCUT2D eigenvalue weighted by molar-refractivity contribution is 5.80. The van der Waals surface area contributed by atoms with Gasteiger partial charge < -0.3 is 14.6 Å². The van der Waals surface area contributed by atoms with Gasteiger partial charge in [-0.3, -0.25) is 4.98 Å². The molecule has 0 aliphatic rings. The van der Waals surface area contributed by atoms with Gasteiger partial charge in [-0.25, -0.2) is 9.97 Å². The monoisotopic (exact) mass is 430 g/mol. The number of nitrogens with zero attached hydrogens (tertiary/aromatic N) is 5. The number of rotatable bonds is 8. The molecule has 0 saturated carbocycles. The topological polar surface area (TPSA) is 79.8 Å². The second kappa shape index (κ2) is 9.34. The maximum atomic E-state index is 5.58. The van der Waals surface area contributed by atoms with Crippen LogP contribution in [0.1, 0.15) is 42.1 Å². The molecule has 0 saturated heterocycles. The zero-order valence-electron chi connectivity index (χ0n) is 19.4. The fourth-order valence-corrected chi connectivity index (χ4v) is 3.81. The molecule has 166 valence electrons. The van der Waals surface area contributed by atoms with Crippen molar-refractivity contribution in [1.29, 1.82) is 0 Å². The number of hydrogen-bond acceptors (Lipinski definition) is 6. The van der Waals surface area contributed by atoms with E-state index < -0.39 is 0 Å². The number of fused-ring (bicyclic) bond motifs is 1. The van der Waals surface area contributed by atoms with E-state index in [0.717, 1.165) is 59.4 Å². The summed E-state index contributed by atoms with van der Waals surface area (Å²) >= 11 is 0. The molecule has 0 amide bonds. The molecule has 7 heteroatoms. The number of unbranched alkanes of at least 4 members (excludes halogenated alkanes) is 1. The molecule has 4 aromatic heterocycles. The Labute approximate surface area is 188 Å². The van der Waals surface area contributed by atoms with Gasteiger partial charge >= 0.3 is 0 Å². The summed E-state index contributed by atoms with van der Waals surface area (Å²) in [5, 5.41) is 1.16. The van der Waals surface area contributed by atoms with Gasteiger partial charge in [0.05, 0.1) is 18.4 Å². The molecule has 0 unspecified atom stereocenters. The molecule has 0 fully saturated rings. The maximum absolute atomic E-state index is 5.58. The van der Waals surface area contributed by atoms with Crippen LogP contribution in [0.15, 0.2) is 36.8 Å². The number of aromatic amines is 1. The molecule has 0 spiro atoms. The molecule has 4 aromatic rings. The summed E-state index contributed by atoms with van der Waals surface area (Å²) in [7, 11) is 3.64. The fraction of sp³-hybridized carbons (Fsp3) is 0.360. The van der Waals surface area contributed by atoms with E-state index in [1.165, 1.54) is 11.1 Å². The summed E-state index contributed by atoms with van der Waals surface area (Å²) in [6.07, 6.45) is 8.74. The van der Waals surface area contributed by atoms with E-state index >= 15 is 0 Å². The summed E-state index contributed by atoms with van der Waals surface area (Å²) < 4.78 is 5.58. The van der Waals surface area contributed by atoms with Crippen LogP contribution >= 0.6 is 0 Å². The number of aryl methyl sites for hydroxylation is 2. The molecule has 0 aliphatic carbocycles. The molecule has 1 N–H and O–H groups in total. The lowest BCUT2D eigenvalue weighted by molar-refractivity contribution is 0.398. The van der Waals surface area contributed by atoms with Gasteiger partial charge in [0.25, 0.3) is 0 Å². The Morgan fingerprint density at radius 3 is 2.66 bits per heavy atom. The second-order valence-corrected chi connectivity index (χ2v) is 8.21. The Bertz CT molecular complexity index is 1230. The molecule has 0 atom stereocenters. The standard InChI is InChI=1S/C25H30N6O/c1-6-7-10-31(4)25-28-15-21(24(30-25)32-5)22-9-8-18(17(3)29-22)12-19-14-27-23-20(19)11-16(2)13-26-23/h8-9,11,13-15H,6-7,10,12H2,1-5H3,(H,26,27). The van der Waals surface area contributed by atoms with Crippen molar-refractivity contribution in [2.45, 2.75) is 40.0 Å². The highest BCUT2D eigenvalue weighted by Crippen LogP contribution is 2.29. The van der Waals surface area contributed by atoms with Crippen molar-refractivity contribution >= 4 is 17.0 Å². The van der Waals surface area contributed by atoms with Crippen molar-refractivity contribution in [1.82, 2.24) is 24.9 Å². The third-order valence-corrected chi connectivity index (χ3v) is 5.73. The van der Waals surface area contributed by atoms with Crippen molar-refractivity contribution in [3.05, 3.63) is 59.2 Å². The molecule has 0 bridgehead atoms. The van der Waals surface area contributed by atoms with Crippen LogP contribution < -0.4 is 9.64 Å². The third kappa shape index (κ3) is 4.42. The molecule has 32 heavy (non-hydrogen) atoms. The number of aromatic nitrogens is 5. The second-order valence-electron chi connectivity index (χ2n) is 8.21. The van der Waals surface area contributed by atoms with Crippen molar-refractivity contribution < 1.29 is 4.74 Å². The molecule has 0 aliphatic heterocycles. The Kier molecular flexibility index (Phi) is 6.35. The highest BCUT2D eigenvalue weighted by Gasteiger charge is 2.15. The zero-order chi connectivity index (χ0) is 22.7. The predicted octanol–water partition coefficient (Wildman–Crippen LogP) is 4.87. The average molecular weight is 431 g/mol. The molecule has 4 rings (SSSR count). The first-order valence-corrected chi connectivity index (χ1v) is 11.0. The van der Waals surface area contributed by atoms with E-state index in [-0.39, 0.29) is 0 Å². The molecule has 0 aromatic carbocycles. The number of ether oxygens (including phenoxy) is 1. The largest absolute Gasteiger partial charge is 0.480 e. The zero-order valence-corrected chi connectivity index (χ0v) is 19.4. The SMILES string of the molecule is CCCCN(C)c1ncc(-c2ccc(Cc3c[nH]c4ncc(C)cc34)c(C)n2)c(OC)n1. The quantitative estimate of drug-likeness (QED) is 0.430. The minimum Gasteiger partial charge on any atom is -0.480 e. The summed E-state index contributed by atoms with van der Waals surface area (Å²) in [4.78, 5) is 23.8. The molecular formula is C25H30N6O. The predicted molar refractivity (Wildman–Crippen MR) is 128 cm³/mol. The number of methoxy groups -OCH3 is 1.